The van der Waals surface area contributed by atoms with Gasteiger partial charge >= 0.3 is 13.1 Å². The van der Waals surface area contributed by atoms with Crippen molar-refractivity contribution < 1.29 is 29.2 Å². The zero-order valence-corrected chi connectivity index (χ0v) is 13.7. The summed E-state index contributed by atoms with van der Waals surface area (Å²) in [5, 5.41) is 26.8. The van der Waals surface area contributed by atoms with Gasteiger partial charge in [0, 0.05) is 5.38 Å². The molecule has 0 aliphatic carbocycles. The van der Waals surface area contributed by atoms with E-state index in [1.807, 2.05) is 0 Å². The van der Waals surface area contributed by atoms with Gasteiger partial charge in [-0.2, -0.15) is 0 Å². The first-order valence-electron chi connectivity index (χ1n) is 7.09. The van der Waals surface area contributed by atoms with Gasteiger partial charge in [0.2, 0.25) is 0 Å². The maximum Gasteiger partial charge on any atom is 0.478 e. The molecule has 1 aromatic rings. The summed E-state index contributed by atoms with van der Waals surface area (Å²) in [6.45, 7) is 0. The molecule has 10 nitrogen and oxygen atoms in total. The van der Waals surface area contributed by atoms with Crippen molar-refractivity contribution in [1.82, 2.24) is 10.3 Å². The topological polar surface area (TPSA) is 156 Å². The number of carboxylic acids is 1. The van der Waals surface area contributed by atoms with Crippen LogP contribution in [0.4, 0.5) is 5.13 Å². The van der Waals surface area contributed by atoms with Crippen LogP contribution < -0.4 is 11.1 Å². The molecule has 2 heterocycles. The van der Waals surface area contributed by atoms with Gasteiger partial charge < -0.3 is 30.7 Å². The highest BCUT2D eigenvalue weighted by Crippen LogP contribution is 2.19. The number of nitrogens with zero attached hydrogens (tertiary/aromatic N) is 2. The van der Waals surface area contributed by atoms with E-state index in [2.05, 4.69) is 20.3 Å². The summed E-state index contributed by atoms with van der Waals surface area (Å²) in [5.74, 6) is -2.31. The molecule has 130 valence electrons. The lowest BCUT2D eigenvalue weighted by Crippen LogP contribution is -2.54. The maximum absolute atomic E-state index is 12.4. The predicted molar refractivity (Wildman–Crippen MR) is 86.3 cm³/mol. The van der Waals surface area contributed by atoms with Crippen LogP contribution in [0.15, 0.2) is 10.5 Å². The van der Waals surface area contributed by atoms with E-state index in [1.54, 1.807) is 5.38 Å². The number of nitrogens with two attached hydrogens (primary N) is 1. The summed E-state index contributed by atoms with van der Waals surface area (Å²) in [7, 11) is -0.0192. The molecule has 1 fully saturated rings. The Bertz CT molecular complexity index is 639. The second-order valence-electron chi connectivity index (χ2n) is 5.10. The third kappa shape index (κ3) is 4.66. The van der Waals surface area contributed by atoms with Crippen molar-refractivity contribution >= 4 is 41.2 Å². The van der Waals surface area contributed by atoms with Crippen molar-refractivity contribution in [2.45, 2.75) is 31.3 Å². The number of aromatic nitrogens is 1. The fourth-order valence-corrected chi connectivity index (χ4v) is 2.83. The number of carbonyl (C=O) groups excluding carboxylic acids is 1. The van der Waals surface area contributed by atoms with E-state index in [-0.39, 0.29) is 23.0 Å². The number of carboxylic acid groups (broad SMARTS) is 1. The van der Waals surface area contributed by atoms with Crippen molar-refractivity contribution in [1.29, 1.82) is 0 Å². The molecule has 2 unspecified atom stereocenters. The Labute approximate surface area is 141 Å². The van der Waals surface area contributed by atoms with Gasteiger partial charge in [-0.25, -0.2) is 4.98 Å². The van der Waals surface area contributed by atoms with Gasteiger partial charge in [0.05, 0.1) is 18.5 Å². The highest BCUT2D eigenvalue weighted by Gasteiger charge is 2.37. The third-order valence-electron chi connectivity index (χ3n) is 3.36. The van der Waals surface area contributed by atoms with Crippen molar-refractivity contribution in [3.63, 3.8) is 0 Å². The van der Waals surface area contributed by atoms with E-state index in [0.29, 0.717) is 12.8 Å². The summed E-state index contributed by atoms with van der Waals surface area (Å²) in [5.41, 5.74) is 5.72. The number of hydrogen-bond donors (Lipinski definition) is 4. The molecule has 0 saturated carbocycles. The normalized spacial score (nSPS) is 21.4. The Morgan fingerprint density at radius 1 is 1.62 bits per heavy atom. The first kappa shape index (κ1) is 18.2. The van der Waals surface area contributed by atoms with Crippen LogP contribution in [0.1, 0.15) is 25.0 Å². The lowest BCUT2D eigenvalue weighted by Gasteiger charge is -2.30. The highest BCUT2D eigenvalue weighted by molar-refractivity contribution is 7.13. The first-order chi connectivity index (χ1) is 11.4. The molecule has 0 radical (unpaired) electrons. The number of thiazole rings is 1. The van der Waals surface area contributed by atoms with E-state index in [1.165, 1.54) is 7.11 Å². The average Bonchev–Trinajstić information content (AvgIpc) is 2.93. The second kappa shape index (κ2) is 8.08. The number of amides is 1. The lowest BCUT2D eigenvalue weighted by atomic mass is 9.72. The van der Waals surface area contributed by atoms with E-state index in [9.17, 15) is 14.6 Å². The zero-order valence-electron chi connectivity index (χ0n) is 12.8. The molecular weight excluding hydrogens is 339 g/mol. The second-order valence-corrected chi connectivity index (χ2v) is 5.99. The maximum atomic E-state index is 12.4. The Morgan fingerprint density at radius 3 is 2.92 bits per heavy atom. The van der Waals surface area contributed by atoms with Crippen LogP contribution in [0.2, 0.25) is 0 Å². The average molecular weight is 356 g/mol. The first-order valence-corrected chi connectivity index (χ1v) is 7.97. The molecule has 1 amide bonds. The minimum Gasteiger partial charge on any atom is -0.481 e. The molecule has 24 heavy (non-hydrogen) atoms. The van der Waals surface area contributed by atoms with Crippen LogP contribution in [-0.4, -0.2) is 59.0 Å². The molecule has 2 atom stereocenters. The van der Waals surface area contributed by atoms with Gasteiger partial charge in [-0.05, 0) is 12.8 Å². The number of anilines is 1. The van der Waals surface area contributed by atoms with Crippen molar-refractivity contribution in [3.05, 3.63) is 11.1 Å². The fraction of sp³-hybridized carbons (Fsp3) is 0.500. The van der Waals surface area contributed by atoms with Crippen LogP contribution in [0, 0.1) is 0 Å². The Hall–Kier alpha value is -2.18. The Kier molecular flexibility index (Phi) is 6.12. The molecule has 0 spiro atoms. The summed E-state index contributed by atoms with van der Waals surface area (Å²) in [4.78, 5) is 31.7. The van der Waals surface area contributed by atoms with E-state index >= 15 is 0 Å². The summed E-state index contributed by atoms with van der Waals surface area (Å²) in [6, 6.07) is 0. The number of oxime groups is 1. The largest absolute Gasteiger partial charge is 0.481 e. The Morgan fingerprint density at radius 2 is 2.38 bits per heavy atom. The van der Waals surface area contributed by atoms with Crippen LogP contribution in [-0.2, 0) is 19.1 Å². The number of nitrogens with one attached hydrogen (secondary N) is 1. The van der Waals surface area contributed by atoms with Crippen LogP contribution in [0.25, 0.3) is 0 Å². The number of rotatable bonds is 6. The van der Waals surface area contributed by atoms with Crippen LogP contribution >= 0.6 is 11.3 Å². The molecule has 12 heteroatoms. The number of carbonyl (C=O) groups is 2. The predicted octanol–water partition coefficient (Wildman–Crippen LogP) is -0.766. The summed E-state index contributed by atoms with van der Waals surface area (Å²) >= 11 is 1.15. The minimum atomic E-state index is -1.31. The molecule has 5 N–H and O–H groups in total. The molecule has 1 saturated heterocycles. The van der Waals surface area contributed by atoms with Gasteiger partial charge in [-0.3, -0.25) is 9.59 Å². The zero-order chi connectivity index (χ0) is 17.7. The molecular formula is C12H17BN4O6S. The molecule has 1 aromatic heterocycles. The van der Waals surface area contributed by atoms with Gasteiger partial charge in [0.15, 0.2) is 10.8 Å². The molecule has 1 aliphatic rings. The Balaban J connectivity index is 2.00. The van der Waals surface area contributed by atoms with Gasteiger partial charge in [-0.1, -0.05) is 5.16 Å². The van der Waals surface area contributed by atoms with Crippen molar-refractivity contribution in [2.24, 2.45) is 5.16 Å². The molecule has 1 aliphatic heterocycles. The quantitative estimate of drug-likeness (QED) is 0.294. The van der Waals surface area contributed by atoms with Gasteiger partial charge in [-0.15, -0.1) is 11.3 Å². The fourth-order valence-electron chi connectivity index (χ4n) is 2.29. The van der Waals surface area contributed by atoms with Crippen LogP contribution in [0.3, 0.4) is 0 Å². The molecule has 2 rings (SSSR count). The minimum absolute atomic E-state index is 0.0784. The number of hydrogen-bond acceptors (Lipinski definition) is 9. The van der Waals surface area contributed by atoms with Gasteiger partial charge in [0.25, 0.3) is 5.91 Å². The smallest absolute Gasteiger partial charge is 0.478 e. The van der Waals surface area contributed by atoms with Crippen molar-refractivity contribution in [2.75, 3.05) is 12.8 Å². The molecule has 0 aromatic carbocycles. The third-order valence-corrected chi connectivity index (χ3v) is 4.03. The summed E-state index contributed by atoms with van der Waals surface area (Å²) < 4.78 is 5.22. The standard InChI is InChI=1S/C12H17BN4O6S/c1-22-17-10(7-5-24-12(14)15-7)11(20)16-8-3-2-6(4-9(18)19)23-13(8)21/h5-6,8,21H,2-4H2,1H3,(H2,14,15)(H,16,20)(H,18,19)/b17-10+. The SMILES string of the molecule is CO/N=C(/C(=O)NC1CCC(CC(=O)O)OB1O)c1csc(N)n1. The van der Waals surface area contributed by atoms with Gasteiger partial charge in [0.1, 0.15) is 12.8 Å². The molecule has 0 bridgehead atoms. The number of nitrogen functional groups attached to an aromatic ring is 1. The lowest BCUT2D eigenvalue weighted by molar-refractivity contribution is -0.139. The van der Waals surface area contributed by atoms with Crippen molar-refractivity contribution in [3.8, 4) is 0 Å². The monoisotopic (exact) mass is 356 g/mol. The van der Waals surface area contributed by atoms with E-state index < -0.39 is 31.0 Å². The van der Waals surface area contributed by atoms with Crippen LogP contribution in [0.5, 0.6) is 0 Å². The summed E-state index contributed by atoms with van der Waals surface area (Å²) in [6.07, 6.45) is -0.0262. The van der Waals surface area contributed by atoms with E-state index in [0.717, 1.165) is 11.3 Å². The number of aliphatic carboxylic acids is 1. The highest BCUT2D eigenvalue weighted by atomic mass is 32.1. The van der Waals surface area contributed by atoms with E-state index in [4.69, 9.17) is 15.5 Å².